The van der Waals surface area contributed by atoms with Crippen LogP contribution in [0.15, 0.2) is 0 Å². The molecule has 0 radical (unpaired) electrons. The summed E-state index contributed by atoms with van der Waals surface area (Å²) in [7, 11) is 0. The van der Waals surface area contributed by atoms with E-state index in [1.165, 1.54) is 19.3 Å². The van der Waals surface area contributed by atoms with Gasteiger partial charge in [0.2, 0.25) is 0 Å². The predicted molar refractivity (Wildman–Crippen MR) is 57.4 cm³/mol. The molecule has 0 aromatic heterocycles. The lowest BCUT2D eigenvalue weighted by molar-refractivity contribution is 0.223. The van der Waals surface area contributed by atoms with Crippen LogP contribution in [0.3, 0.4) is 0 Å². The summed E-state index contributed by atoms with van der Waals surface area (Å²) in [6, 6.07) is 0.878. The zero-order valence-electron chi connectivity index (χ0n) is 9.01. The van der Waals surface area contributed by atoms with Gasteiger partial charge in [-0.3, -0.25) is 0 Å². The third-order valence-corrected chi connectivity index (χ3v) is 3.33. The monoisotopic (exact) mass is 179 g/mol. The van der Waals surface area contributed by atoms with E-state index < -0.39 is 0 Å². The van der Waals surface area contributed by atoms with E-state index in [1.54, 1.807) is 0 Å². The van der Waals surface area contributed by atoms with E-state index in [9.17, 15) is 0 Å². The zero-order valence-corrected chi connectivity index (χ0v) is 9.01. The summed E-state index contributed by atoms with van der Waals surface area (Å²) >= 11 is 0. The summed E-state index contributed by atoms with van der Waals surface area (Å²) in [5.41, 5.74) is 0. The first kappa shape index (κ1) is 10.6. The Labute approximate surface area is 82.3 Å². The average molecular weight is 179 g/mol. The van der Waals surface area contributed by atoms with E-state index in [-0.39, 0.29) is 6.04 Å². The normalized spacial score (nSPS) is 36.6. The van der Waals surface area contributed by atoms with Crippen molar-refractivity contribution in [1.82, 2.24) is 5.32 Å². The first-order chi connectivity index (χ1) is 6.13. The Kier molecular flexibility index (Phi) is 3.81. The Bertz CT molecular complexity index is 192. The van der Waals surface area contributed by atoms with E-state index in [4.69, 9.17) is 6.42 Å². The topological polar surface area (TPSA) is 12.0 Å². The van der Waals surface area contributed by atoms with Crippen LogP contribution in [0.4, 0.5) is 0 Å². The largest absolute Gasteiger partial charge is 0.301 e. The van der Waals surface area contributed by atoms with Gasteiger partial charge in [0.25, 0.3) is 0 Å². The molecule has 0 aliphatic heterocycles. The third kappa shape index (κ3) is 3.04. The second kappa shape index (κ2) is 4.67. The maximum Gasteiger partial charge on any atom is 0.0660 e. The minimum absolute atomic E-state index is 0.227. The lowest BCUT2D eigenvalue weighted by Crippen LogP contribution is -2.40. The Morgan fingerprint density at radius 3 is 2.54 bits per heavy atom. The van der Waals surface area contributed by atoms with Gasteiger partial charge < -0.3 is 5.32 Å². The van der Waals surface area contributed by atoms with Crippen molar-refractivity contribution in [3.8, 4) is 12.3 Å². The van der Waals surface area contributed by atoms with E-state index in [2.05, 4.69) is 32.0 Å². The predicted octanol–water partition coefficient (Wildman–Crippen LogP) is 2.42. The van der Waals surface area contributed by atoms with Gasteiger partial charge in [-0.15, -0.1) is 6.42 Å². The summed E-state index contributed by atoms with van der Waals surface area (Å²) in [4.78, 5) is 0. The van der Waals surface area contributed by atoms with Crippen molar-refractivity contribution in [3.63, 3.8) is 0 Å². The summed E-state index contributed by atoms with van der Waals surface area (Å²) < 4.78 is 0. The number of rotatable bonds is 2. The van der Waals surface area contributed by atoms with Crippen molar-refractivity contribution in [3.05, 3.63) is 0 Å². The lowest BCUT2D eigenvalue weighted by atomic mass is 9.79. The standard InChI is InChI=1S/C12H21N/c1-5-11(4)13-12-7-6-9(2)10(3)8-12/h1,9-13H,6-8H2,2-4H3. The Hall–Kier alpha value is -0.480. The highest BCUT2D eigenvalue weighted by atomic mass is 14.9. The third-order valence-electron chi connectivity index (χ3n) is 3.33. The molecule has 0 aromatic rings. The molecular weight excluding hydrogens is 158 g/mol. The van der Waals surface area contributed by atoms with Gasteiger partial charge in [-0.05, 0) is 38.0 Å². The fourth-order valence-electron chi connectivity index (χ4n) is 2.10. The van der Waals surface area contributed by atoms with Gasteiger partial charge in [0, 0.05) is 6.04 Å². The molecule has 1 N–H and O–H groups in total. The average Bonchev–Trinajstić information content (AvgIpc) is 2.11. The van der Waals surface area contributed by atoms with Crippen molar-refractivity contribution in [2.75, 3.05) is 0 Å². The molecular formula is C12H21N. The number of hydrogen-bond donors (Lipinski definition) is 1. The van der Waals surface area contributed by atoms with Gasteiger partial charge in [-0.2, -0.15) is 0 Å². The molecule has 74 valence electrons. The van der Waals surface area contributed by atoms with E-state index in [1.807, 2.05) is 0 Å². The smallest absolute Gasteiger partial charge is 0.0660 e. The SMILES string of the molecule is C#CC(C)NC1CCC(C)C(C)C1. The fraction of sp³-hybridized carbons (Fsp3) is 0.833. The zero-order chi connectivity index (χ0) is 9.84. The molecule has 0 bridgehead atoms. The second-order valence-corrected chi connectivity index (χ2v) is 4.52. The molecule has 1 fully saturated rings. The maximum absolute atomic E-state index is 5.34. The van der Waals surface area contributed by atoms with Gasteiger partial charge >= 0.3 is 0 Å². The van der Waals surface area contributed by atoms with Crippen LogP contribution in [-0.2, 0) is 0 Å². The van der Waals surface area contributed by atoms with Crippen LogP contribution in [0, 0.1) is 24.2 Å². The van der Waals surface area contributed by atoms with Crippen LogP contribution in [-0.4, -0.2) is 12.1 Å². The van der Waals surface area contributed by atoms with E-state index >= 15 is 0 Å². The van der Waals surface area contributed by atoms with Crippen molar-refractivity contribution < 1.29 is 0 Å². The van der Waals surface area contributed by atoms with Crippen molar-refractivity contribution in [2.24, 2.45) is 11.8 Å². The van der Waals surface area contributed by atoms with Gasteiger partial charge in [-0.25, -0.2) is 0 Å². The van der Waals surface area contributed by atoms with Crippen LogP contribution in [0.25, 0.3) is 0 Å². The van der Waals surface area contributed by atoms with Gasteiger partial charge in [0.05, 0.1) is 6.04 Å². The maximum atomic E-state index is 5.34. The van der Waals surface area contributed by atoms with Crippen LogP contribution in [0.2, 0.25) is 0 Å². The number of terminal acetylenes is 1. The summed E-state index contributed by atoms with van der Waals surface area (Å²) in [5.74, 6) is 4.46. The fourth-order valence-corrected chi connectivity index (χ4v) is 2.10. The molecule has 0 amide bonds. The number of hydrogen-bond acceptors (Lipinski definition) is 1. The Morgan fingerprint density at radius 2 is 2.00 bits per heavy atom. The molecule has 1 nitrogen and oxygen atoms in total. The molecule has 4 unspecified atom stereocenters. The molecule has 4 atom stereocenters. The minimum atomic E-state index is 0.227. The molecule has 0 spiro atoms. The van der Waals surface area contributed by atoms with Gasteiger partial charge in [0.15, 0.2) is 0 Å². The highest BCUT2D eigenvalue weighted by Crippen LogP contribution is 2.29. The first-order valence-corrected chi connectivity index (χ1v) is 5.35. The molecule has 1 aliphatic rings. The first-order valence-electron chi connectivity index (χ1n) is 5.35. The van der Waals surface area contributed by atoms with Crippen LogP contribution in [0.1, 0.15) is 40.0 Å². The molecule has 1 heteroatoms. The van der Waals surface area contributed by atoms with Crippen molar-refractivity contribution in [2.45, 2.75) is 52.1 Å². The molecule has 13 heavy (non-hydrogen) atoms. The molecule has 0 aromatic carbocycles. The molecule has 1 rings (SSSR count). The molecule has 0 heterocycles. The lowest BCUT2D eigenvalue weighted by Gasteiger charge is -2.33. The quantitative estimate of drug-likeness (QED) is 0.642. The molecule has 1 saturated carbocycles. The van der Waals surface area contributed by atoms with Crippen molar-refractivity contribution >= 4 is 0 Å². The summed E-state index contributed by atoms with van der Waals surface area (Å²) in [6.07, 6.45) is 9.26. The molecule has 0 saturated heterocycles. The minimum Gasteiger partial charge on any atom is -0.301 e. The van der Waals surface area contributed by atoms with Crippen molar-refractivity contribution in [1.29, 1.82) is 0 Å². The van der Waals surface area contributed by atoms with Crippen LogP contribution >= 0.6 is 0 Å². The van der Waals surface area contributed by atoms with Crippen LogP contribution < -0.4 is 5.32 Å². The Balaban J connectivity index is 2.34. The second-order valence-electron chi connectivity index (χ2n) is 4.52. The highest BCUT2D eigenvalue weighted by Gasteiger charge is 2.24. The van der Waals surface area contributed by atoms with E-state index in [0.717, 1.165) is 11.8 Å². The Morgan fingerprint density at radius 1 is 1.31 bits per heavy atom. The summed E-state index contributed by atoms with van der Waals surface area (Å²) in [5, 5.41) is 3.48. The molecule has 1 aliphatic carbocycles. The van der Waals surface area contributed by atoms with E-state index in [0.29, 0.717) is 6.04 Å². The van der Waals surface area contributed by atoms with Gasteiger partial charge in [-0.1, -0.05) is 19.8 Å². The highest BCUT2D eigenvalue weighted by molar-refractivity contribution is 4.97. The van der Waals surface area contributed by atoms with Crippen LogP contribution in [0.5, 0.6) is 0 Å². The van der Waals surface area contributed by atoms with Gasteiger partial charge in [0.1, 0.15) is 0 Å². The number of nitrogens with one attached hydrogen (secondary N) is 1. The summed E-state index contributed by atoms with van der Waals surface area (Å²) in [6.45, 7) is 6.76.